The summed E-state index contributed by atoms with van der Waals surface area (Å²) >= 11 is 0. The summed E-state index contributed by atoms with van der Waals surface area (Å²) in [5.74, 6) is 0. The summed E-state index contributed by atoms with van der Waals surface area (Å²) < 4.78 is 0. The van der Waals surface area contributed by atoms with Crippen LogP contribution < -0.4 is 10.6 Å². The molecule has 0 heterocycles. The van der Waals surface area contributed by atoms with Gasteiger partial charge in [0.25, 0.3) is 0 Å². The minimum Gasteiger partial charge on any atom is -0.398 e. The number of hydrogen-bond donors (Lipinski definition) is 1. The predicted octanol–water partition coefficient (Wildman–Crippen LogP) is 4.58. The van der Waals surface area contributed by atoms with E-state index >= 15 is 0 Å². The van der Waals surface area contributed by atoms with Crippen molar-refractivity contribution in [3.8, 4) is 0 Å². The van der Waals surface area contributed by atoms with Gasteiger partial charge in [0.1, 0.15) is 0 Å². The molecule has 0 bridgehead atoms. The molecule has 0 spiro atoms. The third-order valence-electron chi connectivity index (χ3n) is 5.30. The first-order valence-corrected chi connectivity index (χ1v) is 8.32. The summed E-state index contributed by atoms with van der Waals surface area (Å²) in [5, 5.41) is 0. The van der Waals surface area contributed by atoms with Crippen molar-refractivity contribution in [2.45, 2.75) is 77.3 Å². The molecule has 0 aliphatic heterocycles. The zero-order valence-electron chi connectivity index (χ0n) is 13.0. The quantitative estimate of drug-likeness (QED) is 0.816. The molecule has 2 saturated carbocycles. The average molecular weight is 272 g/mol. The number of aryl methyl sites for hydroxylation is 2. The van der Waals surface area contributed by atoms with Crippen LogP contribution in [0.3, 0.4) is 0 Å². The van der Waals surface area contributed by atoms with Gasteiger partial charge in [0.15, 0.2) is 0 Å². The summed E-state index contributed by atoms with van der Waals surface area (Å²) in [4.78, 5) is 2.76. The van der Waals surface area contributed by atoms with Crippen LogP contribution in [-0.4, -0.2) is 12.1 Å². The van der Waals surface area contributed by atoms with Crippen molar-refractivity contribution in [2.75, 3.05) is 10.6 Å². The molecule has 0 aromatic heterocycles. The first-order chi connectivity index (χ1) is 9.66. The fourth-order valence-corrected chi connectivity index (χ4v) is 4.19. The largest absolute Gasteiger partial charge is 0.398 e. The van der Waals surface area contributed by atoms with Crippen LogP contribution in [0.25, 0.3) is 0 Å². The van der Waals surface area contributed by atoms with Gasteiger partial charge in [-0.15, -0.1) is 0 Å². The molecule has 0 saturated heterocycles. The minimum atomic E-state index is 0.749. The molecular weight excluding hydrogens is 244 g/mol. The summed E-state index contributed by atoms with van der Waals surface area (Å²) in [7, 11) is 0. The number of rotatable bonds is 3. The van der Waals surface area contributed by atoms with Crippen LogP contribution in [0.4, 0.5) is 11.4 Å². The second kappa shape index (κ2) is 5.67. The molecule has 0 amide bonds. The highest BCUT2D eigenvalue weighted by Crippen LogP contribution is 2.38. The Morgan fingerprint density at radius 3 is 1.85 bits per heavy atom. The van der Waals surface area contributed by atoms with Crippen LogP contribution in [-0.2, 0) is 0 Å². The van der Waals surface area contributed by atoms with E-state index < -0.39 is 0 Å². The first kappa shape index (κ1) is 13.8. The van der Waals surface area contributed by atoms with Crippen molar-refractivity contribution in [3.63, 3.8) is 0 Å². The maximum Gasteiger partial charge on any atom is 0.0421 e. The molecule has 2 N–H and O–H groups in total. The van der Waals surface area contributed by atoms with E-state index in [9.17, 15) is 0 Å². The van der Waals surface area contributed by atoms with Crippen molar-refractivity contribution < 1.29 is 0 Å². The lowest BCUT2D eigenvalue weighted by molar-refractivity contribution is 0.512. The number of nitrogens with zero attached hydrogens (tertiary/aromatic N) is 1. The fourth-order valence-electron chi connectivity index (χ4n) is 4.19. The molecule has 1 aromatic rings. The van der Waals surface area contributed by atoms with Gasteiger partial charge in [0.2, 0.25) is 0 Å². The average Bonchev–Trinajstić information content (AvgIpc) is 3.09. The van der Waals surface area contributed by atoms with E-state index in [2.05, 4.69) is 30.9 Å². The molecule has 3 rings (SSSR count). The summed E-state index contributed by atoms with van der Waals surface area (Å²) in [6.45, 7) is 4.36. The molecule has 2 aliphatic rings. The molecular formula is C18H28N2. The number of benzene rings is 1. The Morgan fingerprint density at radius 1 is 0.850 bits per heavy atom. The van der Waals surface area contributed by atoms with Crippen molar-refractivity contribution in [3.05, 3.63) is 23.3 Å². The second-order valence-electron chi connectivity index (χ2n) is 6.78. The first-order valence-electron chi connectivity index (χ1n) is 8.32. The van der Waals surface area contributed by atoms with Crippen molar-refractivity contribution >= 4 is 11.4 Å². The highest BCUT2D eigenvalue weighted by atomic mass is 15.2. The number of hydrogen-bond acceptors (Lipinski definition) is 2. The Hall–Kier alpha value is -1.18. The smallest absolute Gasteiger partial charge is 0.0421 e. The second-order valence-corrected chi connectivity index (χ2v) is 6.78. The van der Waals surface area contributed by atoms with Gasteiger partial charge in [0, 0.05) is 23.5 Å². The predicted molar refractivity (Wildman–Crippen MR) is 87.3 cm³/mol. The van der Waals surface area contributed by atoms with Crippen molar-refractivity contribution in [1.82, 2.24) is 0 Å². The van der Waals surface area contributed by atoms with E-state index in [1.807, 2.05) is 0 Å². The lowest BCUT2D eigenvalue weighted by Crippen LogP contribution is -2.41. The summed E-state index contributed by atoms with van der Waals surface area (Å²) in [5.41, 5.74) is 11.2. The molecule has 0 radical (unpaired) electrons. The van der Waals surface area contributed by atoms with Gasteiger partial charge in [-0.3, -0.25) is 0 Å². The third-order valence-corrected chi connectivity index (χ3v) is 5.30. The Bertz CT molecular complexity index is 453. The van der Waals surface area contributed by atoms with Gasteiger partial charge >= 0.3 is 0 Å². The normalized spacial score (nSPS) is 20.7. The van der Waals surface area contributed by atoms with E-state index in [4.69, 9.17) is 5.73 Å². The summed E-state index contributed by atoms with van der Waals surface area (Å²) in [6, 6.07) is 6.00. The van der Waals surface area contributed by atoms with E-state index in [0.29, 0.717) is 0 Å². The van der Waals surface area contributed by atoms with Gasteiger partial charge in [0.05, 0.1) is 0 Å². The molecule has 2 aliphatic carbocycles. The number of anilines is 2. The molecule has 2 nitrogen and oxygen atoms in total. The topological polar surface area (TPSA) is 29.3 Å². The SMILES string of the molecule is Cc1cc(C)c(N(C2CCCC2)C2CCCC2)cc1N. The molecule has 110 valence electrons. The van der Waals surface area contributed by atoms with Crippen LogP contribution in [0.2, 0.25) is 0 Å². The van der Waals surface area contributed by atoms with Gasteiger partial charge in [-0.1, -0.05) is 31.7 Å². The summed E-state index contributed by atoms with van der Waals surface area (Å²) in [6.07, 6.45) is 11.0. The third kappa shape index (κ3) is 2.53. The van der Waals surface area contributed by atoms with Gasteiger partial charge in [-0.05, 0) is 56.7 Å². The molecule has 2 fully saturated rings. The monoisotopic (exact) mass is 272 g/mol. The highest BCUT2D eigenvalue weighted by Gasteiger charge is 2.31. The van der Waals surface area contributed by atoms with Crippen molar-refractivity contribution in [2.24, 2.45) is 0 Å². The lowest BCUT2D eigenvalue weighted by Gasteiger charge is -2.38. The van der Waals surface area contributed by atoms with E-state index in [-0.39, 0.29) is 0 Å². The van der Waals surface area contributed by atoms with E-state index in [0.717, 1.165) is 17.8 Å². The standard InChI is InChI=1S/C18H28N2/c1-13-11-14(2)18(12-17(13)19)20(15-7-3-4-8-15)16-9-5-6-10-16/h11-12,15-16H,3-10,19H2,1-2H3. The number of nitrogen functional groups attached to an aromatic ring is 1. The van der Waals surface area contributed by atoms with Crippen LogP contribution in [0.1, 0.15) is 62.5 Å². The molecule has 2 heteroatoms. The van der Waals surface area contributed by atoms with Gasteiger partial charge in [-0.2, -0.15) is 0 Å². The fraction of sp³-hybridized carbons (Fsp3) is 0.667. The highest BCUT2D eigenvalue weighted by molar-refractivity contribution is 5.65. The van der Waals surface area contributed by atoms with Gasteiger partial charge in [-0.25, -0.2) is 0 Å². The Balaban J connectivity index is 1.97. The zero-order valence-corrected chi connectivity index (χ0v) is 13.0. The Morgan fingerprint density at radius 2 is 1.35 bits per heavy atom. The van der Waals surface area contributed by atoms with Crippen LogP contribution >= 0.6 is 0 Å². The van der Waals surface area contributed by atoms with Gasteiger partial charge < -0.3 is 10.6 Å². The Kier molecular flexibility index (Phi) is 3.91. The van der Waals surface area contributed by atoms with E-state index in [1.165, 1.54) is 68.2 Å². The van der Waals surface area contributed by atoms with E-state index in [1.54, 1.807) is 0 Å². The molecule has 0 atom stereocenters. The molecule has 20 heavy (non-hydrogen) atoms. The maximum absolute atomic E-state index is 6.20. The molecule has 1 aromatic carbocycles. The van der Waals surface area contributed by atoms with Crippen LogP contribution in [0, 0.1) is 13.8 Å². The van der Waals surface area contributed by atoms with Crippen LogP contribution in [0.15, 0.2) is 12.1 Å². The van der Waals surface area contributed by atoms with Crippen LogP contribution in [0.5, 0.6) is 0 Å². The minimum absolute atomic E-state index is 0.749. The van der Waals surface area contributed by atoms with Crippen molar-refractivity contribution in [1.29, 1.82) is 0 Å². The zero-order chi connectivity index (χ0) is 14.1. The molecule has 0 unspecified atom stereocenters. The number of nitrogens with two attached hydrogens (primary N) is 1. The Labute approximate surface area is 123 Å². The maximum atomic E-state index is 6.20. The lowest BCUT2D eigenvalue weighted by atomic mass is 10.0.